The largest absolute Gasteiger partial charge is 0.480 e. The first kappa shape index (κ1) is 15.4. The predicted octanol–water partition coefficient (Wildman–Crippen LogP) is -0.558. The summed E-state index contributed by atoms with van der Waals surface area (Å²) < 4.78 is 32.4. The number of rotatable bonds is 5. The van der Waals surface area contributed by atoms with Gasteiger partial charge in [-0.1, -0.05) is 5.21 Å². The second kappa shape index (κ2) is 5.06. The van der Waals surface area contributed by atoms with Crippen LogP contribution in [0, 0.1) is 0 Å². The van der Waals surface area contributed by atoms with Crippen molar-refractivity contribution in [2.24, 2.45) is 7.05 Å². The Bertz CT molecular complexity index is 617. The van der Waals surface area contributed by atoms with Crippen molar-refractivity contribution in [2.75, 3.05) is 19.7 Å². The number of aryl methyl sites for hydroxylation is 1. The monoisotopic (exact) mass is 368 g/mol. The van der Waals surface area contributed by atoms with Gasteiger partial charge in [0.15, 0.2) is 4.60 Å². The maximum absolute atomic E-state index is 12.4. The smallest absolute Gasteiger partial charge is 0.329 e. The maximum atomic E-state index is 12.4. The Morgan fingerprint density at radius 2 is 2.15 bits per heavy atom. The summed E-state index contributed by atoms with van der Waals surface area (Å²) in [6.07, 6.45) is 0. The van der Waals surface area contributed by atoms with Gasteiger partial charge in [-0.05, 0) is 22.9 Å². The van der Waals surface area contributed by atoms with Gasteiger partial charge < -0.3 is 9.84 Å². The van der Waals surface area contributed by atoms with Crippen molar-refractivity contribution in [1.82, 2.24) is 19.3 Å². The number of carbonyl (C=O) groups is 1. The number of nitrogens with zero attached hydrogens (tertiary/aromatic N) is 4. The molecule has 0 saturated carbocycles. The van der Waals surface area contributed by atoms with Crippen LogP contribution in [0.2, 0.25) is 0 Å². The lowest BCUT2D eigenvalue weighted by Gasteiger charge is -2.45. The highest BCUT2D eigenvalue weighted by atomic mass is 79.9. The van der Waals surface area contributed by atoms with Crippen LogP contribution in [0.3, 0.4) is 0 Å². The molecule has 9 nitrogen and oxygen atoms in total. The molecular weight excluding hydrogens is 356 g/mol. The van der Waals surface area contributed by atoms with E-state index >= 15 is 0 Å². The lowest BCUT2D eigenvalue weighted by molar-refractivity contribution is -0.157. The molecule has 1 aromatic rings. The van der Waals surface area contributed by atoms with Crippen molar-refractivity contribution >= 4 is 31.9 Å². The van der Waals surface area contributed by atoms with E-state index in [1.165, 1.54) is 11.4 Å². The topological polar surface area (TPSA) is 115 Å². The van der Waals surface area contributed by atoms with Crippen molar-refractivity contribution in [1.29, 1.82) is 0 Å². The van der Waals surface area contributed by atoms with Gasteiger partial charge >= 0.3 is 5.97 Å². The molecule has 0 atom stereocenters. The van der Waals surface area contributed by atoms with Crippen molar-refractivity contribution in [2.45, 2.75) is 17.6 Å². The lowest BCUT2D eigenvalue weighted by Crippen LogP contribution is -2.63. The van der Waals surface area contributed by atoms with Gasteiger partial charge in [-0.3, -0.25) is 0 Å². The Balaban J connectivity index is 2.10. The molecule has 0 radical (unpaired) electrons. The zero-order valence-electron chi connectivity index (χ0n) is 10.8. The summed E-state index contributed by atoms with van der Waals surface area (Å²) >= 11 is 3.04. The van der Waals surface area contributed by atoms with Gasteiger partial charge in [0, 0.05) is 20.1 Å². The quantitative estimate of drug-likeness (QED) is 0.740. The Labute approximate surface area is 123 Å². The van der Waals surface area contributed by atoms with E-state index in [1.54, 1.807) is 6.92 Å². The van der Waals surface area contributed by atoms with Gasteiger partial charge in [-0.25, -0.2) is 17.9 Å². The fourth-order valence-corrected chi connectivity index (χ4v) is 4.61. The van der Waals surface area contributed by atoms with Gasteiger partial charge in [-0.15, -0.1) is 5.10 Å². The highest BCUT2D eigenvalue weighted by Gasteiger charge is 2.48. The third-order valence-electron chi connectivity index (χ3n) is 2.89. The fraction of sp³-hybridized carbons (Fsp3) is 0.667. The van der Waals surface area contributed by atoms with Gasteiger partial charge in [0.25, 0.3) is 10.0 Å². The molecule has 0 amide bonds. The van der Waals surface area contributed by atoms with Crippen LogP contribution < -0.4 is 0 Å². The number of carboxylic acids is 1. The molecule has 0 bridgehead atoms. The molecule has 0 spiro atoms. The highest BCUT2D eigenvalue weighted by molar-refractivity contribution is 9.10. The van der Waals surface area contributed by atoms with Crippen molar-refractivity contribution < 1.29 is 23.1 Å². The van der Waals surface area contributed by atoms with Gasteiger partial charge in [-0.2, -0.15) is 4.31 Å². The summed E-state index contributed by atoms with van der Waals surface area (Å²) in [7, 11) is -2.26. The van der Waals surface area contributed by atoms with Gasteiger partial charge in [0.05, 0.1) is 5.60 Å². The molecule has 2 heterocycles. The molecule has 11 heteroatoms. The van der Waals surface area contributed by atoms with E-state index < -0.39 is 28.2 Å². The highest BCUT2D eigenvalue weighted by Crippen LogP contribution is 2.32. The first-order chi connectivity index (χ1) is 9.16. The average Bonchev–Trinajstić information content (AvgIpc) is 2.63. The zero-order chi connectivity index (χ0) is 15.1. The minimum absolute atomic E-state index is 0.0437. The molecule has 1 aliphatic heterocycles. The van der Waals surface area contributed by atoms with Crippen molar-refractivity contribution in [3.05, 3.63) is 4.60 Å². The molecule has 1 fully saturated rings. The molecule has 1 N–H and O–H groups in total. The van der Waals surface area contributed by atoms with Crippen LogP contribution in [0.5, 0.6) is 0 Å². The first-order valence-corrected chi connectivity index (χ1v) is 7.80. The molecule has 20 heavy (non-hydrogen) atoms. The van der Waals surface area contributed by atoms with Crippen LogP contribution in [0.4, 0.5) is 0 Å². The molecule has 1 aromatic heterocycles. The third-order valence-corrected chi connectivity index (χ3v) is 5.57. The molecule has 112 valence electrons. The molecular formula is C9H13BrN4O5S. The van der Waals surface area contributed by atoms with E-state index in [4.69, 9.17) is 9.84 Å². The molecule has 1 aliphatic rings. The standard InChI is InChI=1S/C9H13BrN4O5S/c1-9(19-3-6(15)16)4-14(5-9)20(17,18)8-7(10)11-12-13(8)2/h3-5H2,1-2H3,(H,15,16). The third kappa shape index (κ3) is 2.71. The molecule has 0 aliphatic carbocycles. The first-order valence-electron chi connectivity index (χ1n) is 5.57. The van der Waals surface area contributed by atoms with E-state index in [9.17, 15) is 13.2 Å². The maximum Gasteiger partial charge on any atom is 0.329 e. The number of sulfonamides is 1. The lowest BCUT2D eigenvalue weighted by atomic mass is 10.0. The number of hydrogen-bond acceptors (Lipinski definition) is 6. The SMILES string of the molecule is Cn1nnc(Br)c1S(=O)(=O)N1CC(C)(OCC(=O)O)C1. The predicted molar refractivity (Wildman–Crippen MR) is 69.5 cm³/mol. The normalized spacial score (nSPS) is 18.8. The number of hydrogen-bond donors (Lipinski definition) is 1. The summed E-state index contributed by atoms with van der Waals surface area (Å²) in [6.45, 7) is 1.38. The average molecular weight is 369 g/mol. The minimum atomic E-state index is -3.73. The summed E-state index contributed by atoms with van der Waals surface area (Å²) in [5.74, 6) is -1.09. The van der Waals surface area contributed by atoms with Crippen LogP contribution in [0.25, 0.3) is 0 Å². The Kier molecular flexibility index (Phi) is 3.88. The molecule has 2 rings (SSSR count). The summed E-state index contributed by atoms with van der Waals surface area (Å²) in [5.41, 5.74) is -0.788. The van der Waals surface area contributed by atoms with Gasteiger partial charge in [0.2, 0.25) is 5.03 Å². The second-order valence-electron chi connectivity index (χ2n) is 4.71. The summed E-state index contributed by atoms with van der Waals surface area (Å²) in [4.78, 5) is 10.5. The number of halogens is 1. The Hall–Kier alpha value is -1.04. The van der Waals surface area contributed by atoms with Crippen LogP contribution in [0.15, 0.2) is 9.63 Å². The number of aromatic nitrogens is 3. The van der Waals surface area contributed by atoms with Crippen LogP contribution in [0.1, 0.15) is 6.92 Å². The molecule has 1 saturated heterocycles. The Morgan fingerprint density at radius 1 is 1.55 bits per heavy atom. The number of carboxylic acid groups (broad SMARTS) is 1. The van der Waals surface area contributed by atoms with Crippen molar-refractivity contribution in [3.63, 3.8) is 0 Å². The summed E-state index contributed by atoms with van der Waals surface area (Å²) in [6, 6.07) is 0. The van der Waals surface area contributed by atoms with Crippen molar-refractivity contribution in [3.8, 4) is 0 Å². The van der Waals surface area contributed by atoms with E-state index in [0.29, 0.717) is 0 Å². The molecule has 0 aromatic carbocycles. The van der Waals surface area contributed by atoms with Gasteiger partial charge in [0.1, 0.15) is 6.61 Å². The molecule has 0 unspecified atom stereocenters. The van der Waals surface area contributed by atoms with E-state index in [1.807, 2.05) is 0 Å². The van der Waals surface area contributed by atoms with E-state index in [-0.39, 0.29) is 22.7 Å². The second-order valence-corrected chi connectivity index (χ2v) is 7.32. The van der Waals surface area contributed by atoms with Crippen LogP contribution >= 0.6 is 15.9 Å². The fourth-order valence-electron chi connectivity index (χ4n) is 1.92. The summed E-state index contributed by atoms with van der Waals surface area (Å²) in [5, 5.41) is 15.8. The number of aliphatic carboxylic acids is 1. The zero-order valence-corrected chi connectivity index (χ0v) is 13.2. The van der Waals surface area contributed by atoms with E-state index in [2.05, 4.69) is 26.2 Å². The van der Waals surface area contributed by atoms with Crippen LogP contribution in [-0.4, -0.2) is 64.1 Å². The number of ether oxygens (including phenoxy) is 1. The van der Waals surface area contributed by atoms with Crippen LogP contribution in [-0.2, 0) is 26.6 Å². The van der Waals surface area contributed by atoms with E-state index in [0.717, 1.165) is 4.68 Å². The minimum Gasteiger partial charge on any atom is -0.480 e. The Morgan fingerprint density at radius 3 is 2.60 bits per heavy atom.